The SMILES string of the molecule is C[C@@H]1CCCN(C(=O)CN2CCC[C@@H]2c2nc3c([nH]2)CCCC3)C1. The summed E-state index contributed by atoms with van der Waals surface area (Å²) in [6, 6.07) is 0.307. The molecule has 24 heavy (non-hydrogen) atoms. The van der Waals surface area contributed by atoms with Gasteiger partial charge in [0.25, 0.3) is 0 Å². The second-order valence-electron chi connectivity index (χ2n) is 7.97. The molecule has 2 aliphatic heterocycles. The standard InChI is InChI=1S/C19H30N4O/c1-14-6-4-11-23(12-14)18(24)13-22-10-5-9-17(22)19-20-15-7-2-3-8-16(15)21-19/h14,17H,2-13H2,1H3,(H,20,21)/t14-,17-/m1/s1. The zero-order valence-corrected chi connectivity index (χ0v) is 14.9. The molecule has 2 saturated heterocycles. The van der Waals surface area contributed by atoms with Crippen LogP contribution < -0.4 is 0 Å². The van der Waals surface area contributed by atoms with Gasteiger partial charge in [-0.1, -0.05) is 6.92 Å². The second-order valence-corrected chi connectivity index (χ2v) is 7.97. The highest BCUT2D eigenvalue weighted by atomic mass is 16.2. The smallest absolute Gasteiger partial charge is 0.236 e. The van der Waals surface area contributed by atoms with Crippen LogP contribution in [0.15, 0.2) is 0 Å². The zero-order chi connectivity index (χ0) is 16.5. The number of imidazole rings is 1. The minimum absolute atomic E-state index is 0.307. The average molecular weight is 330 g/mol. The molecule has 0 spiro atoms. The lowest BCUT2D eigenvalue weighted by Crippen LogP contribution is -2.44. The minimum Gasteiger partial charge on any atom is -0.344 e. The number of amides is 1. The number of fused-ring (bicyclic) bond motifs is 1. The number of piperidine rings is 1. The number of nitrogens with one attached hydrogen (secondary N) is 1. The summed E-state index contributed by atoms with van der Waals surface area (Å²) in [5, 5.41) is 0. The summed E-state index contributed by atoms with van der Waals surface area (Å²) in [7, 11) is 0. The Bertz CT molecular complexity index is 573. The highest BCUT2D eigenvalue weighted by molar-refractivity contribution is 5.78. The number of H-pyrrole nitrogens is 1. The van der Waals surface area contributed by atoms with E-state index in [1.54, 1.807) is 0 Å². The number of aromatic amines is 1. The fraction of sp³-hybridized carbons (Fsp3) is 0.789. The fourth-order valence-corrected chi connectivity index (χ4v) is 4.65. The molecule has 2 fully saturated rings. The zero-order valence-electron chi connectivity index (χ0n) is 14.9. The summed E-state index contributed by atoms with van der Waals surface area (Å²) in [5.74, 6) is 2.07. The number of rotatable bonds is 3. The van der Waals surface area contributed by atoms with Crippen LogP contribution in [0.4, 0.5) is 0 Å². The van der Waals surface area contributed by atoms with Gasteiger partial charge in [-0.3, -0.25) is 9.69 Å². The van der Waals surface area contributed by atoms with E-state index < -0.39 is 0 Å². The number of carbonyl (C=O) groups excluding carboxylic acids is 1. The van der Waals surface area contributed by atoms with Crippen LogP contribution in [-0.4, -0.2) is 51.9 Å². The van der Waals surface area contributed by atoms with E-state index in [1.807, 2.05) is 0 Å². The minimum atomic E-state index is 0.307. The molecule has 0 unspecified atom stereocenters. The van der Waals surface area contributed by atoms with Crippen molar-refractivity contribution in [1.82, 2.24) is 19.8 Å². The topological polar surface area (TPSA) is 52.2 Å². The van der Waals surface area contributed by atoms with E-state index >= 15 is 0 Å². The molecule has 5 heteroatoms. The molecule has 5 nitrogen and oxygen atoms in total. The van der Waals surface area contributed by atoms with E-state index in [0.29, 0.717) is 24.4 Å². The monoisotopic (exact) mass is 330 g/mol. The first-order valence-electron chi connectivity index (χ1n) is 9.80. The third-order valence-electron chi connectivity index (χ3n) is 6.00. The van der Waals surface area contributed by atoms with Crippen LogP contribution in [0.3, 0.4) is 0 Å². The maximum absolute atomic E-state index is 12.7. The van der Waals surface area contributed by atoms with Gasteiger partial charge < -0.3 is 9.88 Å². The summed E-state index contributed by atoms with van der Waals surface area (Å²) in [6.07, 6.45) is 9.49. The van der Waals surface area contributed by atoms with Crippen LogP contribution in [0.1, 0.15) is 68.7 Å². The third-order valence-corrected chi connectivity index (χ3v) is 6.00. The highest BCUT2D eigenvalue weighted by Gasteiger charge is 2.32. The summed E-state index contributed by atoms with van der Waals surface area (Å²) in [6.45, 7) is 5.71. The van der Waals surface area contributed by atoms with E-state index in [1.165, 1.54) is 37.1 Å². The molecule has 0 radical (unpaired) electrons. The van der Waals surface area contributed by atoms with Gasteiger partial charge in [-0.25, -0.2) is 4.98 Å². The first-order chi connectivity index (χ1) is 11.7. The Morgan fingerprint density at radius 2 is 2.00 bits per heavy atom. The molecule has 3 heterocycles. The first kappa shape index (κ1) is 16.1. The lowest BCUT2D eigenvalue weighted by Gasteiger charge is -2.33. The van der Waals surface area contributed by atoms with Crippen molar-refractivity contribution in [3.8, 4) is 0 Å². The lowest BCUT2D eigenvalue weighted by atomic mass is 10.0. The Morgan fingerprint density at radius 3 is 2.83 bits per heavy atom. The van der Waals surface area contributed by atoms with Crippen LogP contribution >= 0.6 is 0 Å². The molecule has 0 bridgehead atoms. The van der Waals surface area contributed by atoms with E-state index in [-0.39, 0.29) is 0 Å². The second kappa shape index (κ2) is 6.87. The van der Waals surface area contributed by atoms with Gasteiger partial charge in [-0.2, -0.15) is 0 Å². The van der Waals surface area contributed by atoms with Gasteiger partial charge in [0.1, 0.15) is 5.82 Å². The van der Waals surface area contributed by atoms with Crippen molar-refractivity contribution in [2.75, 3.05) is 26.2 Å². The van der Waals surface area contributed by atoms with E-state index in [4.69, 9.17) is 4.98 Å². The molecule has 1 aromatic rings. The Balaban J connectivity index is 1.43. The lowest BCUT2D eigenvalue weighted by molar-refractivity contribution is -0.134. The van der Waals surface area contributed by atoms with Crippen LogP contribution in [0.2, 0.25) is 0 Å². The Labute approximate surface area is 144 Å². The van der Waals surface area contributed by atoms with Crippen LogP contribution in [0.5, 0.6) is 0 Å². The van der Waals surface area contributed by atoms with Crippen molar-refractivity contribution >= 4 is 5.91 Å². The van der Waals surface area contributed by atoms with Crippen molar-refractivity contribution in [3.63, 3.8) is 0 Å². The molecule has 0 aromatic carbocycles. The first-order valence-corrected chi connectivity index (χ1v) is 9.80. The fourth-order valence-electron chi connectivity index (χ4n) is 4.65. The molecule has 1 N–H and O–H groups in total. The van der Waals surface area contributed by atoms with Gasteiger partial charge in [0.15, 0.2) is 0 Å². The van der Waals surface area contributed by atoms with Gasteiger partial charge in [-0.05, 0) is 63.8 Å². The Morgan fingerprint density at radius 1 is 1.17 bits per heavy atom. The maximum Gasteiger partial charge on any atom is 0.236 e. The number of hydrogen-bond acceptors (Lipinski definition) is 3. The largest absolute Gasteiger partial charge is 0.344 e. The number of carbonyl (C=O) groups is 1. The molecule has 2 atom stereocenters. The quantitative estimate of drug-likeness (QED) is 0.927. The Kier molecular flexibility index (Phi) is 4.61. The van der Waals surface area contributed by atoms with E-state index in [0.717, 1.165) is 51.1 Å². The van der Waals surface area contributed by atoms with Gasteiger partial charge in [0.2, 0.25) is 5.91 Å². The number of aromatic nitrogens is 2. The molecular weight excluding hydrogens is 300 g/mol. The number of aryl methyl sites for hydroxylation is 2. The summed E-state index contributed by atoms with van der Waals surface area (Å²) in [4.78, 5) is 25.6. The molecule has 1 aliphatic carbocycles. The molecule has 4 rings (SSSR count). The molecule has 3 aliphatic rings. The average Bonchev–Trinajstić information content (AvgIpc) is 3.20. The van der Waals surface area contributed by atoms with Gasteiger partial charge in [0, 0.05) is 18.8 Å². The van der Waals surface area contributed by atoms with E-state index in [9.17, 15) is 4.79 Å². The van der Waals surface area contributed by atoms with Gasteiger partial charge >= 0.3 is 0 Å². The predicted octanol–water partition coefficient (Wildman–Crippen LogP) is 2.68. The van der Waals surface area contributed by atoms with Gasteiger partial charge in [-0.15, -0.1) is 0 Å². The van der Waals surface area contributed by atoms with Crippen molar-refractivity contribution in [2.45, 2.75) is 64.3 Å². The molecule has 1 amide bonds. The van der Waals surface area contributed by atoms with E-state index in [2.05, 4.69) is 21.7 Å². The Hall–Kier alpha value is -1.36. The summed E-state index contributed by atoms with van der Waals surface area (Å²) < 4.78 is 0. The van der Waals surface area contributed by atoms with Crippen molar-refractivity contribution < 1.29 is 4.79 Å². The predicted molar refractivity (Wildman–Crippen MR) is 93.8 cm³/mol. The van der Waals surface area contributed by atoms with Crippen LogP contribution in [0, 0.1) is 5.92 Å². The molecule has 1 aromatic heterocycles. The van der Waals surface area contributed by atoms with Crippen molar-refractivity contribution in [3.05, 3.63) is 17.2 Å². The highest BCUT2D eigenvalue weighted by Crippen LogP contribution is 2.32. The summed E-state index contributed by atoms with van der Waals surface area (Å²) >= 11 is 0. The van der Waals surface area contributed by atoms with Crippen molar-refractivity contribution in [1.29, 1.82) is 0 Å². The maximum atomic E-state index is 12.7. The van der Waals surface area contributed by atoms with Crippen LogP contribution in [0.25, 0.3) is 0 Å². The summed E-state index contributed by atoms with van der Waals surface area (Å²) in [5.41, 5.74) is 2.62. The number of likely N-dealkylation sites (tertiary alicyclic amines) is 2. The third kappa shape index (κ3) is 3.23. The normalized spacial score (nSPS) is 28.1. The molecule has 132 valence electrons. The van der Waals surface area contributed by atoms with Crippen LogP contribution in [-0.2, 0) is 17.6 Å². The molecular formula is C19H30N4O. The number of nitrogens with zero attached hydrogens (tertiary/aromatic N) is 3. The van der Waals surface area contributed by atoms with Crippen molar-refractivity contribution in [2.24, 2.45) is 5.92 Å². The number of hydrogen-bond donors (Lipinski definition) is 1. The van der Waals surface area contributed by atoms with Gasteiger partial charge in [0.05, 0.1) is 18.3 Å². The molecule has 0 saturated carbocycles.